The molecule has 1 heterocycles. The van der Waals surface area contributed by atoms with Crippen LogP contribution < -0.4 is 15.8 Å². The topological polar surface area (TPSA) is 72.5 Å². The molecule has 0 unspecified atom stereocenters. The van der Waals surface area contributed by atoms with Gasteiger partial charge in [0.05, 0.1) is 23.9 Å². The van der Waals surface area contributed by atoms with Gasteiger partial charge in [0.15, 0.2) is 5.96 Å². The van der Waals surface area contributed by atoms with Gasteiger partial charge in [0, 0.05) is 10.6 Å². The molecule has 0 aliphatic carbocycles. The van der Waals surface area contributed by atoms with Crippen molar-refractivity contribution in [3.63, 3.8) is 0 Å². The van der Waals surface area contributed by atoms with E-state index in [1.165, 1.54) is 0 Å². The SMILES string of the molecule is Cc1ncsc1CN=C(N)Nc1ccc(OC(C)C)cc1.I. The number of aliphatic imine (C=N–C) groups is 1. The van der Waals surface area contributed by atoms with Crippen LogP contribution in [0.1, 0.15) is 24.4 Å². The number of halogens is 1. The Morgan fingerprint density at radius 1 is 1.36 bits per heavy atom. The Balaban J connectivity index is 0.00000242. The number of benzene rings is 1. The molecule has 0 aliphatic rings. The number of hydrogen-bond donors (Lipinski definition) is 2. The van der Waals surface area contributed by atoms with E-state index in [0.717, 1.165) is 22.0 Å². The lowest BCUT2D eigenvalue weighted by molar-refractivity contribution is 0.242. The summed E-state index contributed by atoms with van der Waals surface area (Å²) in [5.41, 5.74) is 9.59. The predicted octanol–water partition coefficient (Wildman–Crippen LogP) is 3.78. The maximum atomic E-state index is 5.88. The summed E-state index contributed by atoms with van der Waals surface area (Å²) >= 11 is 1.59. The molecular formula is C15H21IN4OS. The number of ether oxygens (including phenoxy) is 1. The van der Waals surface area contributed by atoms with Crippen molar-refractivity contribution in [1.29, 1.82) is 0 Å². The van der Waals surface area contributed by atoms with Crippen LogP contribution in [0.15, 0.2) is 34.8 Å². The monoisotopic (exact) mass is 432 g/mol. The molecule has 0 saturated heterocycles. The van der Waals surface area contributed by atoms with Gasteiger partial charge < -0.3 is 15.8 Å². The Labute approximate surface area is 152 Å². The third-order valence-electron chi connectivity index (χ3n) is 2.74. The molecule has 0 saturated carbocycles. The van der Waals surface area contributed by atoms with Crippen molar-refractivity contribution in [3.05, 3.63) is 40.3 Å². The molecule has 2 rings (SSSR count). The number of thiazole rings is 1. The molecular weight excluding hydrogens is 411 g/mol. The van der Waals surface area contributed by atoms with Gasteiger partial charge in [-0.3, -0.25) is 0 Å². The lowest BCUT2D eigenvalue weighted by atomic mass is 10.3. The van der Waals surface area contributed by atoms with E-state index in [2.05, 4.69) is 15.3 Å². The van der Waals surface area contributed by atoms with Gasteiger partial charge in [-0.25, -0.2) is 9.98 Å². The summed E-state index contributed by atoms with van der Waals surface area (Å²) < 4.78 is 5.59. The van der Waals surface area contributed by atoms with Gasteiger partial charge in [-0.2, -0.15) is 0 Å². The minimum absolute atomic E-state index is 0. The fraction of sp³-hybridized carbons (Fsp3) is 0.333. The Kier molecular flexibility index (Phi) is 7.60. The van der Waals surface area contributed by atoms with E-state index in [9.17, 15) is 0 Å². The molecule has 0 aliphatic heterocycles. The molecule has 22 heavy (non-hydrogen) atoms. The minimum atomic E-state index is 0. The third kappa shape index (κ3) is 5.80. The zero-order valence-electron chi connectivity index (χ0n) is 12.9. The van der Waals surface area contributed by atoms with E-state index < -0.39 is 0 Å². The highest BCUT2D eigenvalue weighted by Gasteiger charge is 2.02. The van der Waals surface area contributed by atoms with Crippen LogP contribution in [0.4, 0.5) is 5.69 Å². The van der Waals surface area contributed by atoms with Gasteiger partial charge in [-0.1, -0.05) is 0 Å². The summed E-state index contributed by atoms with van der Waals surface area (Å²) in [6.07, 6.45) is 0.165. The number of aromatic nitrogens is 1. The molecule has 7 heteroatoms. The van der Waals surface area contributed by atoms with E-state index in [4.69, 9.17) is 10.5 Å². The molecule has 120 valence electrons. The normalized spacial score (nSPS) is 11.2. The number of nitrogens with zero attached hydrogens (tertiary/aromatic N) is 2. The standard InChI is InChI=1S/C15H20N4OS.HI/c1-10(2)20-13-6-4-12(5-7-13)19-15(16)17-8-14-11(3)18-9-21-14;/h4-7,9-10H,8H2,1-3H3,(H3,16,17,19);1H. The van der Waals surface area contributed by atoms with Crippen LogP contribution in [0.2, 0.25) is 0 Å². The molecule has 2 aromatic rings. The van der Waals surface area contributed by atoms with Crippen LogP contribution >= 0.6 is 35.3 Å². The van der Waals surface area contributed by atoms with Gasteiger partial charge in [0.1, 0.15) is 5.75 Å². The second-order valence-electron chi connectivity index (χ2n) is 4.88. The van der Waals surface area contributed by atoms with Crippen molar-refractivity contribution < 1.29 is 4.74 Å². The van der Waals surface area contributed by atoms with E-state index in [0.29, 0.717) is 12.5 Å². The van der Waals surface area contributed by atoms with Crippen molar-refractivity contribution >= 4 is 47.0 Å². The highest BCUT2D eigenvalue weighted by Crippen LogP contribution is 2.17. The molecule has 3 N–H and O–H groups in total. The number of rotatable bonds is 5. The zero-order chi connectivity index (χ0) is 15.2. The van der Waals surface area contributed by atoms with Crippen molar-refractivity contribution in [2.45, 2.75) is 33.4 Å². The number of nitrogens with two attached hydrogens (primary N) is 1. The van der Waals surface area contributed by atoms with Crippen LogP contribution in [-0.2, 0) is 6.54 Å². The van der Waals surface area contributed by atoms with Crippen molar-refractivity contribution in [1.82, 2.24) is 4.98 Å². The number of nitrogens with one attached hydrogen (secondary N) is 1. The van der Waals surface area contributed by atoms with Gasteiger partial charge in [0.2, 0.25) is 0 Å². The first-order valence-corrected chi connectivity index (χ1v) is 7.65. The molecule has 0 fully saturated rings. The van der Waals surface area contributed by atoms with Gasteiger partial charge >= 0.3 is 0 Å². The summed E-state index contributed by atoms with van der Waals surface area (Å²) in [6, 6.07) is 7.64. The highest BCUT2D eigenvalue weighted by atomic mass is 127. The highest BCUT2D eigenvalue weighted by molar-refractivity contribution is 14.0. The van der Waals surface area contributed by atoms with Gasteiger partial charge in [-0.15, -0.1) is 35.3 Å². The van der Waals surface area contributed by atoms with Crippen molar-refractivity contribution in [2.24, 2.45) is 10.7 Å². The van der Waals surface area contributed by atoms with Crippen LogP contribution in [-0.4, -0.2) is 17.0 Å². The number of anilines is 1. The summed E-state index contributed by atoms with van der Waals surface area (Å²) in [5.74, 6) is 1.23. The fourth-order valence-electron chi connectivity index (χ4n) is 1.71. The average molecular weight is 432 g/mol. The molecule has 5 nitrogen and oxygen atoms in total. The zero-order valence-corrected chi connectivity index (χ0v) is 16.0. The summed E-state index contributed by atoms with van der Waals surface area (Å²) in [7, 11) is 0. The Bertz CT molecular complexity index is 610. The lowest BCUT2D eigenvalue weighted by Crippen LogP contribution is -2.22. The Morgan fingerprint density at radius 3 is 2.59 bits per heavy atom. The summed E-state index contributed by atoms with van der Waals surface area (Å²) in [5, 5.41) is 3.06. The van der Waals surface area contributed by atoms with Crippen LogP contribution in [0.3, 0.4) is 0 Å². The molecule has 0 bridgehead atoms. The quantitative estimate of drug-likeness (QED) is 0.429. The third-order valence-corrected chi connectivity index (χ3v) is 3.66. The van der Waals surface area contributed by atoms with Gasteiger partial charge in [-0.05, 0) is 45.0 Å². The van der Waals surface area contributed by atoms with Crippen molar-refractivity contribution in [2.75, 3.05) is 5.32 Å². The first-order chi connectivity index (χ1) is 10.0. The second kappa shape index (κ2) is 8.94. The molecule has 1 aromatic carbocycles. The van der Waals surface area contributed by atoms with E-state index in [-0.39, 0.29) is 30.1 Å². The first-order valence-electron chi connectivity index (χ1n) is 6.77. The number of guanidine groups is 1. The number of hydrogen-bond acceptors (Lipinski definition) is 4. The van der Waals surface area contributed by atoms with Crippen LogP contribution in [0.25, 0.3) is 0 Å². The predicted molar refractivity (Wildman–Crippen MR) is 103 cm³/mol. The van der Waals surface area contributed by atoms with Crippen LogP contribution in [0, 0.1) is 6.92 Å². The Hall–Kier alpha value is -1.35. The van der Waals surface area contributed by atoms with E-state index in [1.807, 2.05) is 50.5 Å². The molecule has 1 aromatic heterocycles. The average Bonchev–Trinajstić information content (AvgIpc) is 2.84. The maximum Gasteiger partial charge on any atom is 0.193 e. The summed E-state index contributed by atoms with van der Waals surface area (Å²) in [6.45, 7) is 6.51. The molecule has 0 radical (unpaired) electrons. The van der Waals surface area contributed by atoms with E-state index in [1.54, 1.807) is 11.3 Å². The smallest absolute Gasteiger partial charge is 0.193 e. The van der Waals surface area contributed by atoms with Gasteiger partial charge in [0.25, 0.3) is 0 Å². The van der Waals surface area contributed by atoms with E-state index >= 15 is 0 Å². The Morgan fingerprint density at radius 2 is 2.05 bits per heavy atom. The first kappa shape index (κ1) is 18.7. The van der Waals surface area contributed by atoms with Crippen LogP contribution in [0.5, 0.6) is 5.75 Å². The minimum Gasteiger partial charge on any atom is -0.491 e. The van der Waals surface area contributed by atoms with Crippen molar-refractivity contribution in [3.8, 4) is 5.75 Å². The maximum absolute atomic E-state index is 5.88. The molecule has 0 atom stereocenters. The lowest BCUT2D eigenvalue weighted by Gasteiger charge is -2.10. The largest absolute Gasteiger partial charge is 0.491 e. The second-order valence-corrected chi connectivity index (χ2v) is 5.82. The fourth-order valence-corrected chi connectivity index (χ4v) is 2.41. The molecule has 0 spiro atoms. The summed E-state index contributed by atoms with van der Waals surface area (Å²) in [4.78, 5) is 9.63. The number of aryl methyl sites for hydroxylation is 1. The molecule has 0 amide bonds.